The molecule has 1 fully saturated rings. The van der Waals surface area contributed by atoms with E-state index in [2.05, 4.69) is 0 Å². The molecule has 0 unspecified atom stereocenters. The highest BCUT2D eigenvalue weighted by molar-refractivity contribution is 5.85. The van der Waals surface area contributed by atoms with Gasteiger partial charge in [-0.3, -0.25) is 9.59 Å². The van der Waals surface area contributed by atoms with E-state index in [0.717, 1.165) is 0 Å². The Balaban J connectivity index is 2.00. The summed E-state index contributed by atoms with van der Waals surface area (Å²) in [6, 6.07) is 6.20. The van der Waals surface area contributed by atoms with E-state index in [1.54, 1.807) is 17.4 Å². The first kappa shape index (κ1) is 14.4. The van der Waals surface area contributed by atoms with Crippen molar-refractivity contribution in [1.82, 2.24) is 5.32 Å². The van der Waals surface area contributed by atoms with Crippen LogP contribution in [0, 0.1) is 0 Å². The maximum Gasteiger partial charge on any atom is 0.471 e. The molecule has 1 amide bonds. The van der Waals surface area contributed by atoms with Crippen LogP contribution in [0.15, 0.2) is 24.3 Å². The number of amides is 1. The van der Waals surface area contributed by atoms with E-state index in [4.69, 9.17) is 5.11 Å². The number of hydrogen-bond donors (Lipinski definition) is 2. The Kier molecular flexibility index (Phi) is 3.45. The van der Waals surface area contributed by atoms with E-state index < -0.39 is 23.5 Å². The van der Waals surface area contributed by atoms with Crippen molar-refractivity contribution in [1.29, 1.82) is 0 Å². The van der Waals surface area contributed by atoms with E-state index in [9.17, 15) is 22.8 Å². The summed E-state index contributed by atoms with van der Waals surface area (Å²) in [7, 11) is 0. The van der Waals surface area contributed by atoms with Gasteiger partial charge in [-0.15, -0.1) is 0 Å². The number of hydrogen-bond acceptors (Lipinski definition) is 2. The molecule has 4 nitrogen and oxygen atoms in total. The van der Waals surface area contributed by atoms with Crippen molar-refractivity contribution in [2.75, 3.05) is 0 Å². The number of aliphatic carboxylic acids is 1. The van der Waals surface area contributed by atoms with Crippen LogP contribution in [0.1, 0.15) is 24.0 Å². The second-order valence-corrected chi connectivity index (χ2v) is 4.76. The van der Waals surface area contributed by atoms with Gasteiger partial charge in [-0.1, -0.05) is 24.3 Å². The Morgan fingerprint density at radius 1 is 1.20 bits per heavy atom. The molecule has 0 bridgehead atoms. The lowest BCUT2D eigenvalue weighted by Crippen LogP contribution is -2.36. The molecular weight excluding hydrogens is 275 g/mol. The minimum atomic E-state index is -4.90. The molecule has 0 atom stereocenters. The van der Waals surface area contributed by atoms with Crippen molar-refractivity contribution in [3.63, 3.8) is 0 Å². The average Bonchev–Trinajstić information content (AvgIpc) is 3.17. The Bertz CT molecular complexity index is 533. The molecular formula is C13H12F3NO3. The third kappa shape index (κ3) is 2.76. The molecule has 1 aliphatic rings. The molecule has 0 aromatic heterocycles. The van der Waals surface area contributed by atoms with E-state index in [1.807, 2.05) is 0 Å². The largest absolute Gasteiger partial charge is 0.481 e. The van der Waals surface area contributed by atoms with E-state index in [0.29, 0.717) is 24.0 Å². The fourth-order valence-electron chi connectivity index (χ4n) is 1.98. The summed E-state index contributed by atoms with van der Waals surface area (Å²) in [5, 5.41) is 10.9. The number of alkyl halides is 3. The number of carboxylic acid groups (broad SMARTS) is 1. The first-order valence-electron chi connectivity index (χ1n) is 5.93. The van der Waals surface area contributed by atoms with Crippen molar-refractivity contribution in [2.45, 2.75) is 31.0 Å². The molecule has 0 aliphatic heterocycles. The number of carbonyl (C=O) groups is 2. The molecule has 1 saturated carbocycles. The fraction of sp³-hybridized carbons (Fsp3) is 0.385. The van der Waals surface area contributed by atoms with Gasteiger partial charge in [0.05, 0.1) is 5.41 Å². The van der Waals surface area contributed by atoms with Gasteiger partial charge in [-0.05, 0) is 24.0 Å². The molecule has 0 radical (unpaired) electrons. The summed E-state index contributed by atoms with van der Waals surface area (Å²) in [5.41, 5.74) is 0.275. The van der Waals surface area contributed by atoms with Crippen molar-refractivity contribution in [3.8, 4) is 0 Å². The van der Waals surface area contributed by atoms with Crippen LogP contribution < -0.4 is 5.32 Å². The van der Waals surface area contributed by atoms with Gasteiger partial charge in [0.25, 0.3) is 0 Å². The Morgan fingerprint density at radius 3 is 2.15 bits per heavy atom. The van der Waals surface area contributed by atoms with Crippen LogP contribution in [0.5, 0.6) is 0 Å². The van der Waals surface area contributed by atoms with Gasteiger partial charge in [0.1, 0.15) is 0 Å². The van der Waals surface area contributed by atoms with Gasteiger partial charge in [0, 0.05) is 6.54 Å². The minimum absolute atomic E-state index is 0.251. The highest BCUT2D eigenvalue weighted by Crippen LogP contribution is 2.48. The standard InChI is InChI=1S/C13H12F3NO3/c14-13(15,16)10(18)17-7-8-1-3-9(4-2-8)12(5-6-12)11(19)20/h1-4H,5-7H2,(H,17,18)(H,19,20). The topological polar surface area (TPSA) is 66.4 Å². The predicted molar refractivity (Wildman–Crippen MR) is 62.9 cm³/mol. The van der Waals surface area contributed by atoms with Crippen LogP contribution >= 0.6 is 0 Å². The van der Waals surface area contributed by atoms with Crippen LogP contribution in [0.25, 0.3) is 0 Å². The molecule has 1 aliphatic carbocycles. The number of carboxylic acids is 1. The predicted octanol–water partition coefficient (Wildman–Crippen LogP) is 1.98. The van der Waals surface area contributed by atoms with Crippen molar-refractivity contribution in [2.24, 2.45) is 0 Å². The molecule has 20 heavy (non-hydrogen) atoms. The lowest BCUT2D eigenvalue weighted by atomic mass is 9.95. The van der Waals surface area contributed by atoms with Crippen LogP contribution in [0.3, 0.4) is 0 Å². The summed E-state index contributed by atoms with van der Waals surface area (Å²) in [4.78, 5) is 21.8. The first-order valence-corrected chi connectivity index (χ1v) is 5.93. The van der Waals surface area contributed by atoms with Crippen LogP contribution in [0.4, 0.5) is 13.2 Å². The molecule has 0 spiro atoms. The third-order valence-corrected chi connectivity index (χ3v) is 3.38. The van der Waals surface area contributed by atoms with Crippen molar-refractivity contribution < 1.29 is 27.9 Å². The maximum absolute atomic E-state index is 12.0. The summed E-state index contributed by atoms with van der Waals surface area (Å²) >= 11 is 0. The van der Waals surface area contributed by atoms with E-state index in [-0.39, 0.29) is 6.54 Å². The second kappa shape index (κ2) is 4.81. The summed E-state index contributed by atoms with van der Waals surface area (Å²) < 4.78 is 36.0. The highest BCUT2D eigenvalue weighted by Gasteiger charge is 2.51. The third-order valence-electron chi connectivity index (χ3n) is 3.38. The number of nitrogens with one attached hydrogen (secondary N) is 1. The highest BCUT2D eigenvalue weighted by atomic mass is 19.4. The van der Waals surface area contributed by atoms with Gasteiger partial charge >= 0.3 is 18.1 Å². The Morgan fingerprint density at radius 2 is 1.75 bits per heavy atom. The molecule has 7 heteroatoms. The molecule has 1 aromatic carbocycles. The zero-order valence-corrected chi connectivity index (χ0v) is 10.3. The lowest BCUT2D eigenvalue weighted by Gasteiger charge is -2.11. The van der Waals surface area contributed by atoms with Crippen molar-refractivity contribution >= 4 is 11.9 Å². The zero-order chi connectivity index (χ0) is 15.0. The van der Waals surface area contributed by atoms with Gasteiger partial charge in [0.2, 0.25) is 0 Å². The van der Waals surface area contributed by atoms with Crippen LogP contribution in [-0.2, 0) is 21.5 Å². The van der Waals surface area contributed by atoms with Gasteiger partial charge in [0.15, 0.2) is 0 Å². The van der Waals surface area contributed by atoms with Crippen molar-refractivity contribution in [3.05, 3.63) is 35.4 Å². The Labute approximate surface area is 112 Å². The molecule has 2 N–H and O–H groups in total. The zero-order valence-electron chi connectivity index (χ0n) is 10.3. The Hall–Kier alpha value is -2.05. The molecule has 108 valence electrons. The number of benzene rings is 1. The molecule has 1 aromatic rings. The average molecular weight is 287 g/mol. The van der Waals surface area contributed by atoms with Crippen LogP contribution in [-0.4, -0.2) is 23.2 Å². The summed E-state index contributed by atoms with van der Waals surface area (Å²) in [6.45, 7) is -0.251. The SMILES string of the molecule is O=C(NCc1ccc(C2(C(=O)O)CC2)cc1)C(F)(F)F. The number of rotatable bonds is 4. The normalized spacial score (nSPS) is 16.6. The van der Waals surface area contributed by atoms with Gasteiger partial charge in [-0.25, -0.2) is 0 Å². The first-order chi connectivity index (χ1) is 9.25. The van der Waals surface area contributed by atoms with Gasteiger partial charge < -0.3 is 10.4 Å². The quantitative estimate of drug-likeness (QED) is 0.890. The summed E-state index contributed by atoms with van der Waals surface area (Å²) in [6.07, 6.45) is -3.78. The molecule has 0 saturated heterocycles. The minimum Gasteiger partial charge on any atom is -0.481 e. The van der Waals surface area contributed by atoms with Gasteiger partial charge in [-0.2, -0.15) is 13.2 Å². The smallest absolute Gasteiger partial charge is 0.471 e. The monoisotopic (exact) mass is 287 g/mol. The molecule has 2 rings (SSSR count). The van der Waals surface area contributed by atoms with E-state index in [1.165, 1.54) is 12.1 Å². The molecule has 0 heterocycles. The second-order valence-electron chi connectivity index (χ2n) is 4.76. The number of halogens is 3. The fourth-order valence-corrected chi connectivity index (χ4v) is 1.98. The van der Waals surface area contributed by atoms with Crippen LogP contribution in [0.2, 0.25) is 0 Å². The number of carbonyl (C=O) groups excluding carboxylic acids is 1. The maximum atomic E-state index is 12.0. The summed E-state index contributed by atoms with van der Waals surface area (Å²) in [5.74, 6) is -2.89. The lowest BCUT2D eigenvalue weighted by molar-refractivity contribution is -0.173. The van der Waals surface area contributed by atoms with E-state index >= 15 is 0 Å².